The largest absolute Gasteiger partial charge is 0.395 e. The highest BCUT2D eigenvalue weighted by Gasteiger charge is 2.01. The molecular weight excluding hydrogens is 260 g/mol. The average molecular weight is 284 g/mol. The third-order valence-electron chi connectivity index (χ3n) is 3.72. The first-order valence-corrected chi connectivity index (χ1v) is 7.32. The van der Waals surface area contributed by atoms with Gasteiger partial charge >= 0.3 is 0 Å². The smallest absolute Gasteiger partial charge is 0.0606 e. The van der Waals surface area contributed by atoms with E-state index in [-0.39, 0.29) is 6.61 Å². The predicted molar refractivity (Wildman–Crippen MR) is 90.0 cm³/mol. The van der Waals surface area contributed by atoms with E-state index in [1.165, 1.54) is 16.7 Å². The molecule has 21 heavy (non-hydrogen) atoms. The van der Waals surface area contributed by atoms with Crippen LogP contribution in [-0.2, 0) is 6.54 Å². The van der Waals surface area contributed by atoms with Gasteiger partial charge in [0.2, 0.25) is 0 Å². The fraction of sp³-hybridized carbons (Fsp3) is 0.333. The van der Waals surface area contributed by atoms with Crippen LogP contribution < -0.4 is 10.2 Å². The summed E-state index contributed by atoms with van der Waals surface area (Å²) in [4.78, 5) is 2.04. The quantitative estimate of drug-likeness (QED) is 0.854. The molecule has 2 rings (SSSR count). The van der Waals surface area contributed by atoms with Gasteiger partial charge in [-0.15, -0.1) is 0 Å². The number of hydrogen-bond acceptors (Lipinski definition) is 3. The molecule has 3 nitrogen and oxygen atoms in total. The Kier molecular flexibility index (Phi) is 5.23. The zero-order valence-corrected chi connectivity index (χ0v) is 13.1. The molecule has 0 fully saturated rings. The van der Waals surface area contributed by atoms with Crippen molar-refractivity contribution in [2.24, 2.45) is 0 Å². The summed E-state index contributed by atoms with van der Waals surface area (Å²) < 4.78 is 0. The van der Waals surface area contributed by atoms with Gasteiger partial charge in [-0.2, -0.15) is 0 Å². The average Bonchev–Trinajstić information content (AvgIpc) is 2.47. The zero-order valence-electron chi connectivity index (χ0n) is 13.1. The van der Waals surface area contributed by atoms with Crippen LogP contribution in [0.1, 0.15) is 16.7 Å². The van der Waals surface area contributed by atoms with E-state index in [1.54, 1.807) is 0 Å². The van der Waals surface area contributed by atoms with E-state index < -0.39 is 0 Å². The number of nitrogens with one attached hydrogen (secondary N) is 1. The van der Waals surface area contributed by atoms with Gasteiger partial charge in [-0.3, -0.25) is 0 Å². The summed E-state index contributed by atoms with van der Waals surface area (Å²) >= 11 is 0. The fourth-order valence-electron chi connectivity index (χ4n) is 2.35. The normalized spacial score (nSPS) is 10.5. The van der Waals surface area contributed by atoms with Crippen LogP contribution in [0.5, 0.6) is 0 Å². The first-order chi connectivity index (χ1) is 10.1. The molecule has 0 bridgehead atoms. The number of rotatable bonds is 6. The van der Waals surface area contributed by atoms with Crippen LogP contribution in [-0.4, -0.2) is 25.3 Å². The van der Waals surface area contributed by atoms with Gasteiger partial charge in [0, 0.05) is 31.5 Å². The van der Waals surface area contributed by atoms with Crippen LogP contribution >= 0.6 is 0 Å². The molecule has 0 atom stereocenters. The molecule has 112 valence electrons. The summed E-state index contributed by atoms with van der Waals surface area (Å²) in [7, 11) is 1.98. The minimum absolute atomic E-state index is 0.170. The Morgan fingerprint density at radius 3 is 2.38 bits per heavy atom. The van der Waals surface area contributed by atoms with Crippen molar-refractivity contribution in [3.8, 4) is 0 Å². The molecule has 3 heteroatoms. The lowest BCUT2D eigenvalue weighted by Gasteiger charge is -2.18. The number of aliphatic hydroxyl groups excluding tert-OH is 1. The second-order valence-electron chi connectivity index (χ2n) is 5.48. The highest BCUT2D eigenvalue weighted by atomic mass is 16.3. The van der Waals surface area contributed by atoms with Crippen molar-refractivity contribution in [1.82, 2.24) is 0 Å². The number of aliphatic hydroxyl groups is 1. The van der Waals surface area contributed by atoms with Crippen LogP contribution in [0.25, 0.3) is 0 Å². The van der Waals surface area contributed by atoms with E-state index in [0.29, 0.717) is 6.54 Å². The van der Waals surface area contributed by atoms with Crippen molar-refractivity contribution >= 4 is 11.4 Å². The third kappa shape index (κ3) is 4.23. The Balaban J connectivity index is 1.97. The topological polar surface area (TPSA) is 35.5 Å². The Morgan fingerprint density at radius 1 is 1.05 bits per heavy atom. The summed E-state index contributed by atoms with van der Waals surface area (Å²) in [5.41, 5.74) is 6.16. The second-order valence-corrected chi connectivity index (χ2v) is 5.48. The van der Waals surface area contributed by atoms with Crippen molar-refractivity contribution in [2.75, 3.05) is 30.4 Å². The van der Waals surface area contributed by atoms with Crippen molar-refractivity contribution < 1.29 is 5.11 Å². The molecule has 0 radical (unpaired) electrons. The van der Waals surface area contributed by atoms with Crippen molar-refractivity contribution in [2.45, 2.75) is 20.4 Å². The van der Waals surface area contributed by atoms with Crippen LogP contribution in [0, 0.1) is 13.8 Å². The lowest BCUT2D eigenvalue weighted by molar-refractivity contribution is 0.304. The van der Waals surface area contributed by atoms with Gasteiger partial charge in [0.05, 0.1) is 6.61 Å². The standard InChI is InChI=1S/C18H24N2O/c1-14-4-5-16(15(2)12-14)13-19-17-6-8-18(9-7-17)20(3)10-11-21/h4-9,12,19,21H,10-11,13H2,1-3H3. The van der Waals surface area contributed by atoms with Gasteiger partial charge in [0.15, 0.2) is 0 Å². The molecule has 0 saturated heterocycles. The van der Waals surface area contributed by atoms with Crippen LogP contribution in [0.4, 0.5) is 11.4 Å². The molecule has 0 amide bonds. The number of likely N-dealkylation sites (N-methyl/N-ethyl adjacent to an activating group) is 1. The first kappa shape index (κ1) is 15.4. The van der Waals surface area contributed by atoms with Crippen LogP contribution in [0.15, 0.2) is 42.5 Å². The van der Waals surface area contributed by atoms with Crippen LogP contribution in [0.2, 0.25) is 0 Å². The lowest BCUT2D eigenvalue weighted by atomic mass is 10.1. The van der Waals surface area contributed by atoms with Gasteiger partial charge in [0.1, 0.15) is 0 Å². The molecule has 0 unspecified atom stereocenters. The third-order valence-corrected chi connectivity index (χ3v) is 3.72. The molecule has 0 aliphatic carbocycles. The molecule has 0 saturated carbocycles. The molecule has 0 aliphatic rings. The maximum Gasteiger partial charge on any atom is 0.0606 e. The van der Waals surface area contributed by atoms with Crippen LogP contribution in [0.3, 0.4) is 0 Å². The Hall–Kier alpha value is -2.00. The molecule has 0 spiro atoms. The summed E-state index contributed by atoms with van der Waals surface area (Å²) in [5, 5.41) is 12.4. The highest BCUT2D eigenvalue weighted by Crippen LogP contribution is 2.18. The number of anilines is 2. The SMILES string of the molecule is Cc1ccc(CNc2ccc(N(C)CCO)cc2)c(C)c1. The number of nitrogens with zero attached hydrogens (tertiary/aromatic N) is 1. The summed E-state index contributed by atoms with van der Waals surface area (Å²) in [6, 6.07) is 14.8. The second kappa shape index (κ2) is 7.14. The summed E-state index contributed by atoms with van der Waals surface area (Å²) in [6.45, 7) is 5.92. The molecule has 0 aliphatic heterocycles. The van der Waals surface area contributed by atoms with Gasteiger partial charge < -0.3 is 15.3 Å². The van der Waals surface area contributed by atoms with Gasteiger partial charge in [-0.05, 0) is 49.2 Å². The van der Waals surface area contributed by atoms with E-state index in [4.69, 9.17) is 5.11 Å². The number of aryl methyl sites for hydroxylation is 2. The van der Waals surface area contributed by atoms with Gasteiger partial charge in [-0.25, -0.2) is 0 Å². The fourth-order valence-corrected chi connectivity index (χ4v) is 2.35. The molecular formula is C18H24N2O. The lowest BCUT2D eigenvalue weighted by Crippen LogP contribution is -2.20. The Bertz CT molecular complexity index is 578. The number of benzene rings is 2. The molecule has 0 heterocycles. The minimum Gasteiger partial charge on any atom is -0.395 e. The maximum absolute atomic E-state index is 8.95. The van der Waals surface area contributed by atoms with Crippen molar-refractivity contribution in [1.29, 1.82) is 0 Å². The van der Waals surface area contributed by atoms with Crippen molar-refractivity contribution in [3.63, 3.8) is 0 Å². The Morgan fingerprint density at radius 2 is 1.76 bits per heavy atom. The maximum atomic E-state index is 8.95. The minimum atomic E-state index is 0.170. The van der Waals surface area contributed by atoms with Gasteiger partial charge in [-0.1, -0.05) is 23.8 Å². The number of hydrogen-bond donors (Lipinski definition) is 2. The predicted octanol–water partition coefficient (Wildman–Crippen LogP) is 3.34. The van der Waals surface area contributed by atoms with E-state index in [1.807, 2.05) is 11.9 Å². The van der Waals surface area contributed by atoms with E-state index >= 15 is 0 Å². The van der Waals surface area contributed by atoms with Crippen molar-refractivity contribution in [3.05, 3.63) is 59.2 Å². The molecule has 2 aromatic rings. The summed E-state index contributed by atoms with van der Waals surface area (Å²) in [6.07, 6.45) is 0. The molecule has 2 aromatic carbocycles. The highest BCUT2D eigenvalue weighted by molar-refractivity contribution is 5.55. The van der Waals surface area contributed by atoms with E-state index in [0.717, 1.165) is 17.9 Å². The summed E-state index contributed by atoms with van der Waals surface area (Å²) in [5.74, 6) is 0. The van der Waals surface area contributed by atoms with E-state index in [9.17, 15) is 0 Å². The Labute approximate surface area is 127 Å². The zero-order chi connectivity index (χ0) is 15.2. The molecule has 2 N–H and O–H groups in total. The molecule has 0 aromatic heterocycles. The monoisotopic (exact) mass is 284 g/mol. The first-order valence-electron chi connectivity index (χ1n) is 7.32. The van der Waals surface area contributed by atoms with Gasteiger partial charge in [0.25, 0.3) is 0 Å². The van der Waals surface area contributed by atoms with E-state index in [2.05, 4.69) is 61.6 Å².